The molecule has 4 heterocycles. The van der Waals surface area contributed by atoms with Crippen molar-refractivity contribution < 1.29 is 13.9 Å². The number of hydrogen-bond donors (Lipinski definition) is 2. The molecule has 0 radical (unpaired) electrons. The van der Waals surface area contributed by atoms with Crippen LogP contribution in [0.3, 0.4) is 0 Å². The van der Waals surface area contributed by atoms with Gasteiger partial charge in [-0.1, -0.05) is 12.1 Å². The van der Waals surface area contributed by atoms with Crippen LogP contribution in [0.5, 0.6) is 0 Å². The first kappa shape index (κ1) is 19.7. The smallest absolute Gasteiger partial charge is 0.169 e. The van der Waals surface area contributed by atoms with Crippen LogP contribution in [0.25, 0.3) is 21.9 Å². The summed E-state index contributed by atoms with van der Waals surface area (Å²) in [5, 5.41) is 23.5. The second-order valence-corrected chi connectivity index (χ2v) is 8.65. The number of aliphatic hydroxyl groups is 1. The molecule has 1 atom stereocenters. The molecular formula is C23H24FN5O2. The number of fused-ring (bicyclic) bond motifs is 2. The summed E-state index contributed by atoms with van der Waals surface area (Å²) in [6.07, 6.45) is 1.13. The van der Waals surface area contributed by atoms with Crippen LogP contribution >= 0.6 is 0 Å². The van der Waals surface area contributed by atoms with Gasteiger partial charge in [-0.3, -0.25) is 0 Å². The van der Waals surface area contributed by atoms with Gasteiger partial charge in [0.15, 0.2) is 11.6 Å². The topological polar surface area (TPSA) is 87.3 Å². The lowest BCUT2D eigenvalue weighted by atomic mass is 9.95. The minimum Gasteiger partial charge on any atom is -0.461 e. The van der Waals surface area contributed by atoms with Crippen LogP contribution in [-0.4, -0.2) is 39.0 Å². The number of β-amino-alcohol motifs (C(OH)–C–C–N with tert-alkyl or cyclic N) is 1. The number of furan rings is 1. The fourth-order valence-corrected chi connectivity index (χ4v) is 4.32. The second kappa shape index (κ2) is 6.88. The van der Waals surface area contributed by atoms with Crippen molar-refractivity contribution in [3.63, 3.8) is 0 Å². The molecule has 3 aromatic heterocycles. The maximum atomic E-state index is 14.0. The summed E-state index contributed by atoms with van der Waals surface area (Å²) in [7, 11) is 0. The van der Waals surface area contributed by atoms with Gasteiger partial charge >= 0.3 is 0 Å². The van der Waals surface area contributed by atoms with Crippen LogP contribution < -0.4 is 10.2 Å². The van der Waals surface area contributed by atoms with Gasteiger partial charge in [0.25, 0.3) is 0 Å². The summed E-state index contributed by atoms with van der Waals surface area (Å²) in [6.45, 7) is 8.76. The van der Waals surface area contributed by atoms with Crippen LogP contribution in [-0.2, 0) is 0 Å². The molecule has 0 amide bonds. The molecule has 160 valence electrons. The molecule has 0 saturated carbocycles. The molecule has 1 fully saturated rings. The summed E-state index contributed by atoms with van der Waals surface area (Å²) in [6, 6.07) is 7.27. The van der Waals surface area contributed by atoms with E-state index in [1.54, 1.807) is 6.07 Å². The zero-order valence-corrected chi connectivity index (χ0v) is 17.9. The first-order valence-corrected chi connectivity index (χ1v) is 10.3. The van der Waals surface area contributed by atoms with Crippen molar-refractivity contribution in [2.75, 3.05) is 23.3 Å². The number of para-hydroxylation sites is 1. The lowest BCUT2D eigenvalue weighted by Crippen LogP contribution is -2.60. The molecule has 1 aliphatic rings. The second-order valence-electron chi connectivity index (χ2n) is 8.65. The predicted octanol–water partition coefficient (Wildman–Crippen LogP) is 4.27. The summed E-state index contributed by atoms with van der Waals surface area (Å²) < 4.78 is 19.4. The number of aryl methyl sites for hydroxylation is 2. The highest BCUT2D eigenvalue weighted by Crippen LogP contribution is 2.35. The van der Waals surface area contributed by atoms with Gasteiger partial charge < -0.3 is 19.7 Å². The van der Waals surface area contributed by atoms with E-state index in [-0.39, 0.29) is 11.9 Å². The highest BCUT2D eigenvalue weighted by Gasteiger charge is 2.37. The Morgan fingerprint density at radius 2 is 1.97 bits per heavy atom. The molecule has 31 heavy (non-hydrogen) atoms. The molecular weight excluding hydrogens is 397 g/mol. The summed E-state index contributed by atoms with van der Waals surface area (Å²) >= 11 is 0. The largest absolute Gasteiger partial charge is 0.461 e. The number of aromatic nitrogens is 3. The Labute approximate surface area is 178 Å². The molecule has 2 N–H and O–H groups in total. The zero-order valence-electron chi connectivity index (χ0n) is 17.9. The third-order valence-corrected chi connectivity index (χ3v) is 5.89. The third-order valence-electron chi connectivity index (χ3n) is 5.89. The number of hydrogen-bond acceptors (Lipinski definition) is 7. The van der Waals surface area contributed by atoms with Crippen molar-refractivity contribution in [1.29, 1.82) is 0 Å². The normalized spacial score (nSPS) is 16.5. The summed E-state index contributed by atoms with van der Waals surface area (Å²) in [5.41, 5.74) is 4.04. The summed E-state index contributed by atoms with van der Waals surface area (Å²) in [5.74, 6) is 0.220. The first-order chi connectivity index (χ1) is 14.7. The quantitative estimate of drug-likeness (QED) is 0.509. The van der Waals surface area contributed by atoms with E-state index in [1.165, 1.54) is 0 Å². The standard InChI is InChI=1S/C23H24FN5O2/c1-12(15-6-5-7-16-18(24)9-31-21(15)16)26-22-17-8-19(29-10-23(4,30)11-29)13(2)25-20(17)14(3)27-28-22/h5-9,12,30H,10-11H2,1-4H3,(H,26,28)/t12-/m1/s1. The number of nitrogens with zero attached hydrogens (tertiary/aromatic N) is 4. The van der Waals surface area contributed by atoms with Crippen molar-refractivity contribution in [2.45, 2.75) is 39.3 Å². The average Bonchev–Trinajstić information content (AvgIpc) is 3.09. The maximum Gasteiger partial charge on any atom is 0.169 e. The van der Waals surface area contributed by atoms with Gasteiger partial charge in [0, 0.05) is 24.0 Å². The Hall–Kier alpha value is -3.26. The van der Waals surface area contributed by atoms with Gasteiger partial charge in [-0.05, 0) is 39.8 Å². The molecule has 0 aliphatic carbocycles. The van der Waals surface area contributed by atoms with Crippen molar-refractivity contribution in [3.05, 3.63) is 53.3 Å². The molecule has 4 aromatic rings. The van der Waals surface area contributed by atoms with Gasteiger partial charge in [0.05, 0.1) is 39.6 Å². The van der Waals surface area contributed by atoms with Crippen LogP contribution in [0.4, 0.5) is 15.9 Å². The van der Waals surface area contributed by atoms with Crippen LogP contribution in [0.2, 0.25) is 0 Å². The van der Waals surface area contributed by atoms with Crippen LogP contribution in [0, 0.1) is 19.7 Å². The van der Waals surface area contributed by atoms with E-state index in [0.717, 1.165) is 39.8 Å². The van der Waals surface area contributed by atoms with E-state index in [0.29, 0.717) is 29.9 Å². The number of rotatable bonds is 4. The lowest BCUT2D eigenvalue weighted by molar-refractivity contribution is 0.0309. The van der Waals surface area contributed by atoms with E-state index in [9.17, 15) is 9.50 Å². The van der Waals surface area contributed by atoms with Gasteiger partial charge in [-0.15, -0.1) is 5.10 Å². The van der Waals surface area contributed by atoms with Crippen molar-refractivity contribution in [3.8, 4) is 0 Å². The van der Waals surface area contributed by atoms with E-state index in [2.05, 4.69) is 26.5 Å². The average molecular weight is 421 g/mol. The van der Waals surface area contributed by atoms with Crippen molar-refractivity contribution in [2.24, 2.45) is 0 Å². The molecule has 0 spiro atoms. The molecule has 1 saturated heterocycles. The van der Waals surface area contributed by atoms with E-state index in [1.807, 2.05) is 39.8 Å². The van der Waals surface area contributed by atoms with Crippen molar-refractivity contribution in [1.82, 2.24) is 15.2 Å². The molecule has 0 bridgehead atoms. The fraction of sp³-hybridized carbons (Fsp3) is 0.348. The highest BCUT2D eigenvalue weighted by atomic mass is 19.1. The Kier molecular flexibility index (Phi) is 4.37. The molecule has 0 unspecified atom stereocenters. The summed E-state index contributed by atoms with van der Waals surface area (Å²) in [4.78, 5) is 6.89. The van der Waals surface area contributed by atoms with E-state index in [4.69, 9.17) is 9.40 Å². The van der Waals surface area contributed by atoms with Gasteiger partial charge in [0.1, 0.15) is 11.8 Å². The third kappa shape index (κ3) is 3.27. The lowest BCUT2D eigenvalue weighted by Gasteiger charge is -2.46. The van der Waals surface area contributed by atoms with Crippen LogP contribution in [0.15, 0.2) is 34.9 Å². The van der Waals surface area contributed by atoms with Crippen molar-refractivity contribution >= 4 is 33.4 Å². The fourth-order valence-electron chi connectivity index (χ4n) is 4.32. The van der Waals surface area contributed by atoms with Gasteiger partial charge in [-0.2, -0.15) is 5.10 Å². The highest BCUT2D eigenvalue weighted by molar-refractivity contribution is 5.93. The maximum absolute atomic E-state index is 14.0. The predicted molar refractivity (Wildman–Crippen MR) is 118 cm³/mol. The Bertz CT molecular complexity index is 1310. The Morgan fingerprint density at radius 1 is 1.19 bits per heavy atom. The number of halogens is 1. The van der Waals surface area contributed by atoms with Gasteiger partial charge in [0.2, 0.25) is 0 Å². The first-order valence-electron chi connectivity index (χ1n) is 10.3. The Balaban J connectivity index is 1.55. The minimum atomic E-state index is -0.680. The Morgan fingerprint density at radius 3 is 2.71 bits per heavy atom. The number of benzene rings is 1. The number of nitrogens with one attached hydrogen (secondary N) is 1. The molecule has 5 rings (SSSR count). The molecule has 1 aromatic carbocycles. The molecule has 1 aliphatic heterocycles. The number of pyridine rings is 1. The minimum absolute atomic E-state index is 0.205. The molecule has 8 heteroatoms. The van der Waals surface area contributed by atoms with E-state index >= 15 is 0 Å². The van der Waals surface area contributed by atoms with Crippen LogP contribution in [0.1, 0.15) is 36.8 Å². The SMILES string of the molecule is Cc1nc2c(C)nnc(N[C@H](C)c3cccc4c(F)coc34)c2cc1N1CC(C)(O)C1. The zero-order chi connectivity index (χ0) is 21.9. The molecule has 7 nitrogen and oxygen atoms in total. The number of anilines is 2. The monoisotopic (exact) mass is 421 g/mol. The van der Waals surface area contributed by atoms with Gasteiger partial charge in [-0.25, -0.2) is 9.37 Å². The van der Waals surface area contributed by atoms with E-state index < -0.39 is 5.60 Å².